The van der Waals surface area contributed by atoms with E-state index in [1.54, 1.807) is 0 Å². The van der Waals surface area contributed by atoms with Gasteiger partial charge < -0.3 is 10.8 Å². The van der Waals surface area contributed by atoms with Crippen LogP contribution in [0.3, 0.4) is 0 Å². The fourth-order valence-electron chi connectivity index (χ4n) is 0.997. The van der Waals surface area contributed by atoms with Gasteiger partial charge in [-0.1, -0.05) is 22.0 Å². The number of hydrogen-bond acceptors (Lipinski definition) is 2. The Labute approximate surface area is 86.7 Å². The molecule has 0 aromatic heterocycles. The lowest BCUT2D eigenvalue weighted by Crippen LogP contribution is -2.28. The van der Waals surface area contributed by atoms with Crippen molar-refractivity contribution < 1.29 is 18.3 Å². The molecule has 0 spiro atoms. The lowest BCUT2D eigenvalue weighted by Gasteiger charge is -2.18. The minimum Gasteiger partial charge on any atom is -0.508 e. The van der Waals surface area contributed by atoms with Crippen LogP contribution in [0.15, 0.2) is 22.7 Å². The molecule has 1 aromatic carbocycles. The van der Waals surface area contributed by atoms with Crippen LogP contribution in [0.1, 0.15) is 11.6 Å². The highest BCUT2D eigenvalue weighted by molar-refractivity contribution is 9.10. The number of alkyl halides is 3. The predicted octanol–water partition coefficient (Wildman–Crippen LogP) is 2.72. The van der Waals surface area contributed by atoms with Gasteiger partial charge in [-0.2, -0.15) is 13.2 Å². The Morgan fingerprint density at radius 2 is 1.93 bits per heavy atom. The molecule has 1 unspecified atom stereocenters. The smallest absolute Gasteiger partial charge is 0.407 e. The summed E-state index contributed by atoms with van der Waals surface area (Å²) in [4.78, 5) is 0. The molecule has 14 heavy (non-hydrogen) atoms. The highest BCUT2D eigenvalue weighted by Gasteiger charge is 2.40. The molecule has 0 aliphatic heterocycles. The van der Waals surface area contributed by atoms with Crippen LogP contribution in [-0.4, -0.2) is 11.3 Å². The second kappa shape index (κ2) is 3.78. The third-order valence-electron chi connectivity index (χ3n) is 1.69. The molecule has 0 fully saturated rings. The Morgan fingerprint density at radius 1 is 1.36 bits per heavy atom. The summed E-state index contributed by atoms with van der Waals surface area (Å²) in [6.45, 7) is 0. The van der Waals surface area contributed by atoms with Gasteiger partial charge in [-0.15, -0.1) is 0 Å². The van der Waals surface area contributed by atoms with Crippen LogP contribution in [0, 0.1) is 0 Å². The van der Waals surface area contributed by atoms with Crippen molar-refractivity contribution >= 4 is 15.9 Å². The van der Waals surface area contributed by atoms with E-state index in [1.165, 1.54) is 12.1 Å². The molecule has 78 valence electrons. The van der Waals surface area contributed by atoms with Gasteiger partial charge in [-0.05, 0) is 12.1 Å². The number of hydrogen-bond donors (Lipinski definition) is 2. The first-order chi connectivity index (χ1) is 6.34. The highest BCUT2D eigenvalue weighted by atomic mass is 79.9. The number of nitrogens with two attached hydrogens (primary N) is 1. The van der Waals surface area contributed by atoms with E-state index in [9.17, 15) is 18.3 Å². The monoisotopic (exact) mass is 269 g/mol. The number of phenols is 1. The van der Waals surface area contributed by atoms with Gasteiger partial charge in [0.1, 0.15) is 11.8 Å². The van der Waals surface area contributed by atoms with Crippen LogP contribution in [0.25, 0.3) is 0 Å². The molecular formula is C8H7BrF3NO. The minimum atomic E-state index is -4.57. The number of halogens is 4. The summed E-state index contributed by atoms with van der Waals surface area (Å²) in [5.41, 5.74) is 4.61. The number of phenolic OH excluding ortho intramolecular Hbond substituents is 1. The average Bonchev–Trinajstić information content (AvgIpc) is 2.01. The summed E-state index contributed by atoms with van der Waals surface area (Å²) >= 11 is 2.90. The molecule has 0 aliphatic carbocycles. The summed E-state index contributed by atoms with van der Waals surface area (Å²) in [5, 5.41) is 9.22. The lowest BCUT2D eigenvalue weighted by atomic mass is 10.1. The molecule has 2 nitrogen and oxygen atoms in total. The maximum Gasteiger partial charge on any atom is 0.407 e. The molecule has 0 heterocycles. The standard InChI is InChI=1S/C8H7BrF3NO/c9-4-2-1-3-5(14)6(4)7(13)8(10,11)12/h1-3,7,14H,13H2. The zero-order valence-corrected chi connectivity index (χ0v) is 8.43. The lowest BCUT2D eigenvalue weighted by molar-refractivity contribution is -0.149. The van der Waals surface area contributed by atoms with Gasteiger partial charge in [0.15, 0.2) is 0 Å². The third kappa shape index (κ3) is 2.19. The van der Waals surface area contributed by atoms with E-state index in [1.807, 2.05) is 0 Å². The third-order valence-corrected chi connectivity index (χ3v) is 2.39. The molecule has 1 rings (SSSR count). The summed E-state index contributed by atoms with van der Waals surface area (Å²) < 4.78 is 36.9. The van der Waals surface area contributed by atoms with E-state index in [0.717, 1.165) is 6.07 Å². The quantitative estimate of drug-likeness (QED) is 0.824. The Kier molecular flexibility index (Phi) is 3.06. The van der Waals surface area contributed by atoms with Crippen molar-refractivity contribution in [1.29, 1.82) is 0 Å². The van der Waals surface area contributed by atoms with Gasteiger partial charge in [0.05, 0.1) is 0 Å². The van der Waals surface area contributed by atoms with Crippen molar-refractivity contribution in [3.63, 3.8) is 0 Å². The van der Waals surface area contributed by atoms with Gasteiger partial charge in [0.25, 0.3) is 0 Å². The fraction of sp³-hybridized carbons (Fsp3) is 0.250. The molecule has 0 amide bonds. The first kappa shape index (κ1) is 11.3. The molecule has 0 radical (unpaired) electrons. The first-order valence-corrected chi connectivity index (χ1v) is 4.43. The van der Waals surface area contributed by atoms with E-state index >= 15 is 0 Å². The molecule has 3 N–H and O–H groups in total. The zero-order valence-electron chi connectivity index (χ0n) is 6.85. The largest absolute Gasteiger partial charge is 0.508 e. The maximum atomic E-state index is 12.2. The SMILES string of the molecule is NC(c1c(O)cccc1Br)C(F)(F)F. The maximum absolute atomic E-state index is 12.2. The first-order valence-electron chi connectivity index (χ1n) is 3.63. The zero-order chi connectivity index (χ0) is 10.9. The molecule has 1 aromatic rings. The predicted molar refractivity (Wildman–Crippen MR) is 48.8 cm³/mol. The topological polar surface area (TPSA) is 46.2 Å². The van der Waals surface area contributed by atoms with Crippen LogP contribution in [0.4, 0.5) is 13.2 Å². The van der Waals surface area contributed by atoms with Crippen molar-refractivity contribution in [2.24, 2.45) is 5.73 Å². The molecule has 0 aliphatic rings. The van der Waals surface area contributed by atoms with E-state index in [4.69, 9.17) is 5.73 Å². The molecule has 1 atom stereocenters. The van der Waals surface area contributed by atoms with Crippen LogP contribution in [-0.2, 0) is 0 Å². The summed E-state index contributed by atoms with van der Waals surface area (Å²) in [6, 6.07) is 1.79. The fourth-order valence-corrected chi connectivity index (χ4v) is 1.60. The number of rotatable bonds is 1. The number of aromatic hydroxyl groups is 1. The van der Waals surface area contributed by atoms with Crippen LogP contribution >= 0.6 is 15.9 Å². The summed E-state index contributed by atoms with van der Waals surface area (Å²) in [5.74, 6) is -0.468. The van der Waals surface area contributed by atoms with Crippen molar-refractivity contribution in [3.8, 4) is 5.75 Å². The van der Waals surface area contributed by atoms with Crippen molar-refractivity contribution in [2.75, 3.05) is 0 Å². The van der Waals surface area contributed by atoms with Gasteiger partial charge in [0.2, 0.25) is 0 Å². The molecule has 0 saturated heterocycles. The Bertz CT molecular complexity index is 320. The number of benzene rings is 1. The van der Waals surface area contributed by atoms with Crippen LogP contribution in [0.2, 0.25) is 0 Å². The van der Waals surface area contributed by atoms with E-state index in [2.05, 4.69) is 15.9 Å². The van der Waals surface area contributed by atoms with Crippen molar-refractivity contribution in [1.82, 2.24) is 0 Å². The van der Waals surface area contributed by atoms with E-state index in [0.29, 0.717) is 0 Å². The van der Waals surface area contributed by atoms with Crippen molar-refractivity contribution in [2.45, 2.75) is 12.2 Å². The summed E-state index contributed by atoms with van der Waals surface area (Å²) in [6.07, 6.45) is -4.57. The van der Waals surface area contributed by atoms with Gasteiger partial charge in [0, 0.05) is 10.0 Å². The van der Waals surface area contributed by atoms with Gasteiger partial charge in [-0.3, -0.25) is 0 Å². The van der Waals surface area contributed by atoms with Crippen LogP contribution < -0.4 is 5.73 Å². The average molecular weight is 270 g/mol. The Morgan fingerprint density at radius 3 is 2.36 bits per heavy atom. The second-order valence-electron chi connectivity index (χ2n) is 2.69. The second-order valence-corrected chi connectivity index (χ2v) is 3.55. The van der Waals surface area contributed by atoms with E-state index < -0.39 is 18.0 Å². The molecular weight excluding hydrogens is 263 g/mol. The van der Waals surface area contributed by atoms with Gasteiger partial charge >= 0.3 is 6.18 Å². The van der Waals surface area contributed by atoms with Crippen molar-refractivity contribution in [3.05, 3.63) is 28.2 Å². The van der Waals surface area contributed by atoms with E-state index in [-0.39, 0.29) is 10.0 Å². The highest BCUT2D eigenvalue weighted by Crippen LogP contribution is 2.38. The van der Waals surface area contributed by atoms with Gasteiger partial charge in [-0.25, -0.2) is 0 Å². The molecule has 0 bridgehead atoms. The molecule has 6 heteroatoms. The van der Waals surface area contributed by atoms with Crippen LogP contribution in [0.5, 0.6) is 5.75 Å². The Balaban J connectivity index is 3.19. The Hall–Kier alpha value is -0.750. The normalized spacial score (nSPS) is 14.1. The minimum absolute atomic E-state index is 0.141. The summed E-state index contributed by atoms with van der Waals surface area (Å²) in [7, 11) is 0. The molecule has 0 saturated carbocycles.